The molecule has 0 aliphatic carbocycles. The van der Waals surface area contributed by atoms with Gasteiger partial charge in [-0.15, -0.1) is 0 Å². The molecule has 1 heterocycles. The summed E-state index contributed by atoms with van der Waals surface area (Å²) in [7, 11) is 0. The third kappa shape index (κ3) is 4.59. The molecule has 1 atom stereocenters. The number of hydrogen-bond donors (Lipinski definition) is 1. The largest absolute Gasteiger partial charge is 0.349 e. The fourth-order valence-electron chi connectivity index (χ4n) is 2.60. The molecule has 0 spiro atoms. The van der Waals surface area contributed by atoms with Gasteiger partial charge in [0.25, 0.3) is 5.91 Å². The van der Waals surface area contributed by atoms with Crippen LogP contribution in [0.1, 0.15) is 43.5 Å². The highest BCUT2D eigenvalue weighted by molar-refractivity contribution is 5.94. The Morgan fingerprint density at radius 2 is 1.86 bits per heavy atom. The van der Waals surface area contributed by atoms with Gasteiger partial charge in [-0.25, -0.2) is 0 Å². The second-order valence-corrected chi connectivity index (χ2v) is 6.01. The molecule has 2 rings (SSSR count). The van der Waals surface area contributed by atoms with Crippen LogP contribution in [0, 0.1) is 5.92 Å². The van der Waals surface area contributed by atoms with Crippen molar-refractivity contribution in [2.24, 2.45) is 5.92 Å². The lowest BCUT2D eigenvalue weighted by atomic mass is 9.99. The number of nitrogens with one attached hydrogen (secondary N) is 1. The lowest BCUT2D eigenvalue weighted by molar-refractivity contribution is -0.132. The van der Waals surface area contributed by atoms with Crippen molar-refractivity contribution in [2.45, 2.75) is 39.2 Å². The molecular weight excluding hydrogens is 264 g/mol. The Morgan fingerprint density at radius 3 is 2.48 bits per heavy atom. The van der Waals surface area contributed by atoms with E-state index in [0.29, 0.717) is 17.9 Å². The zero-order valence-corrected chi connectivity index (χ0v) is 12.8. The second-order valence-electron chi connectivity index (χ2n) is 6.01. The maximum Gasteiger partial charge on any atom is 0.251 e. The zero-order valence-electron chi connectivity index (χ0n) is 12.8. The molecule has 1 fully saturated rings. The number of piperidine rings is 1. The summed E-state index contributed by atoms with van der Waals surface area (Å²) in [4.78, 5) is 26.1. The van der Waals surface area contributed by atoms with Gasteiger partial charge < -0.3 is 10.2 Å². The molecule has 114 valence electrons. The van der Waals surface area contributed by atoms with Crippen molar-refractivity contribution in [1.82, 2.24) is 10.2 Å². The summed E-state index contributed by atoms with van der Waals surface area (Å²) in [5.74, 6) is 0.732. The van der Waals surface area contributed by atoms with Crippen LogP contribution < -0.4 is 5.32 Å². The topological polar surface area (TPSA) is 49.4 Å². The minimum atomic E-state index is -0.149. The Bertz CT molecular complexity index is 479. The monoisotopic (exact) mass is 288 g/mol. The van der Waals surface area contributed by atoms with Gasteiger partial charge in [-0.3, -0.25) is 9.59 Å². The third-order valence-electron chi connectivity index (χ3n) is 4.03. The summed E-state index contributed by atoms with van der Waals surface area (Å²) in [6, 6.07) is 8.94. The summed E-state index contributed by atoms with van der Waals surface area (Å²) in [6.07, 6.45) is 2.53. The quantitative estimate of drug-likeness (QED) is 0.925. The molecule has 4 nitrogen and oxygen atoms in total. The third-order valence-corrected chi connectivity index (χ3v) is 4.03. The Hall–Kier alpha value is -1.84. The summed E-state index contributed by atoms with van der Waals surface area (Å²) in [5.41, 5.74) is 0.628. The van der Waals surface area contributed by atoms with Crippen LogP contribution in [0.25, 0.3) is 0 Å². The van der Waals surface area contributed by atoms with Crippen molar-refractivity contribution < 1.29 is 9.59 Å². The number of hydrogen-bond acceptors (Lipinski definition) is 2. The molecule has 2 amide bonds. The van der Waals surface area contributed by atoms with Crippen LogP contribution in [0.4, 0.5) is 0 Å². The van der Waals surface area contributed by atoms with E-state index in [2.05, 4.69) is 12.2 Å². The van der Waals surface area contributed by atoms with Crippen LogP contribution in [0.2, 0.25) is 0 Å². The molecule has 0 bridgehead atoms. The Kier molecular flexibility index (Phi) is 5.37. The maximum absolute atomic E-state index is 12.2. The molecule has 1 N–H and O–H groups in total. The molecule has 1 unspecified atom stereocenters. The van der Waals surface area contributed by atoms with Crippen molar-refractivity contribution in [3.05, 3.63) is 35.9 Å². The zero-order chi connectivity index (χ0) is 15.2. The van der Waals surface area contributed by atoms with Crippen LogP contribution >= 0.6 is 0 Å². The molecule has 1 aromatic carbocycles. The van der Waals surface area contributed by atoms with Gasteiger partial charge in [0.1, 0.15) is 0 Å². The minimum absolute atomic E-state index is 0.122. The van der Waals surface area contributed by atoms with Gasteiger partial charge in [-0.1, -0.05) is 25.1 Å². The van der Waals surface area contributed by atoms with Crippen LogP contribution in [0.15, 0.2) is 30.3 Å². The van der Waals surface area contributed by atoms with E-state index >= 15 is 0 Å². The average molecular weight is 288 g/mol. The Labute approximate surface area is 126 Å². The van der Waals surface area contributed by atoms with Gasteiger partial charge in [-0.2, -0.15) is 0 Å². The number of carbonyl (C=O) groups excluding carboxylic acids is 2. The van der Waals surface area contributed by atoms with E-state index in [1.165, 1.54) is 0 Å². The predicted octanol–water partition coefficient (Wildman–Crippen LogP) is 2.45. The highest BCUT2D eigenvalue weighted by Gasteiger charge is 2.22. The first-order valence-electron chi connectivity index (χ1n) is 7.70. The van der Waals surface area contributed by atoms with Crippen LogP contribution in [0.3, 0.4) is 0 Å². The van der Waals surface area contributed by atoms with E-state index in [9.17, 15) is 9.59 Å². The van der Waals surface area contributed by atoms with E-state index in [-0.39, 0.29) is 17.9 Å². The van der Waals surface area contributed by atoms with Crippen LogP contribution in [0.5, 0.6) is 0 Å². The van der Waals surface area contributed by atoms with Gasteiger partial charge in [-0.05, 0) is 37.8 Å². The SMILES string of the molecule is CC1CCN(C(=O)CC(C)NC(=O)c2ccccc2)CC1. The highest BCUT2D eigenvalue weighted by Crippen LogP contribution is 2.17. The number of nitrogens with zero attached hydrogens (tertiary/aromatic N) is 1. The normalized spacial score (nSPS) is 17.3. The first-order chi connectivity index (χ1) is 10.1. The molecule has 1 aliphatic rings. The van der Waals surface area contributed by atoms with E-state index in [0.717, 1.165) is 25.9 Å². The Morgan fingerprint density at radius 1 is 1.24 bits per heavy atom. The van der Waals surface area contributed by atoms with Crippen molar-refractivity contribution in [3.63, 3.8) is 0 Å². The summed E-state index contributed by atoms with van der Waals surface area (Å²) in [6.45, 7) is 5.80. The molecule has 4 heteroatoms. The predicted molar refractivity (Wildman–Crippen MR) is 83.0 cm³/mol. The standard InChI is InChI=1S/C17H24N2O2/c1-13-8-10-19(11-9-13)16(20)12-14(2)18-17(21)15-6-4-3-5-7-15/h3-7,13-14H,8-12H2,1-2H3,(H,18,21). The molecule has 0 aromatic heterocycles. The van der Waals surface area contributed by atoms with Crippen molar-refractivity contribution in [3.8, 4) is 0 Å². The first kappa shape index (κ1) is 15.5. The Balaban J connectivity index is 1.80. The fourth-order valence-corrected chi connectivity index (χ4v) is 2.60. The van der Waals surface area contributed by atoms with E-state index < -0.39 is 0 Å². The lowest BCUT2D eigenvalue weighted by Crippen LogP contribution is -2.42. The average Bonchev–Trinajstić information content (AvgIpc) is 2.48. The van der Waals surface area contributed by atoms with Crippen molar-refractivity contribution >= 4 is 11.8 Å². The van der Waals surface area contributed by atoms with Crippen molar-refractivity contribution in [1.29, 1.82) is 0 Å². The first-order valence-corrected chi connectivity index (χ1v) is 7.70. The van der Waals surface area contributed by atoms with Gasteiger partial charge in [0.2, 0.25) is 5.91 Å². The smallest absolute Gasteiger partial charge is 0.251 e. The highest BCUT2D eigenvalue weighted by atomic mass is 16.2. The van der Waals surface area contributed by atoms with Gasteiger partial charge in [0.05, 0.1) is 0 Å². The summed E-state index contributed by atoms with van der Waals surface area (Å²) < 4.78 is 0. The number of rotatable bonds is 4. The molecule has 0 radical (unpaired) electrons. The van der Waals surface area contributed by atoms with Gasteiger partial charge >= 0.3 is 0 Å². The second kappa shape index (κ2) is 7.25. The number of carbonyl (C=O) groups is 2. The molecular formula is C17H24N2O2. The van der Waals surface area contributed by atoms with Crippen LogP contribution in [-0.4, -0.2) is 35.8 Å². The number of likely N-dealkylation sites (tertiary alicyclic amines) is 1. The van der Waals surface area contributed by atoms with E-state index in [1.807, 2.05) is 30.0 Å². The number of benzene rings is 1. The molecule has 21 heavy (non-hydrogen) atoms. The van der Waals surface area contributed by atoms with Crippen LogP contribution in [-0.2, 0) is 4.79 Å². The fraction of sp³-hybridized carbons (Fsp3) is 0.529. The minimum Gasteiger partial charge on any atom is -0.349 e. The van der Waals surface area contributed by atoms with Gasteiger partial charge in [0, 0.05) is 31.1 Å². The molecule has 1 aliphatic heterocycles. The lowest BCUT2D eigenvalue weighted by Gasteiger charge is -2.31. The van der Waals surface area contributed by atoms with E-state index in [4.69, 9.17) is 0 Å². The number of amides is 2. The van der Waals surface area contributed by atoms with E-state index in [1.54, 1.807) is 12.1 Å². The molecule has 1 saturated heterocycles. The summed E-state index contributed by atoms with van der Waals surface area (Å²) in [5, 5.41) is 2.89. The molecule has 0 saturated carbocycles. The molecule has 1 aromatic rings. The summed E-state index contributed by atoms with van der Waals surface area (Å²) >= 11 is 0. The van der Waals surface area contributed by atoms with Crippen molar-refractivity contribution in [2.75, 3.05) is 13.1 Å². The maximum atomic E-state index is 12.2. The van der Waals surface area contributed by atoms with Gasteiger partial charge in [0.15, 0.2) is 0 Å².